The first-order valence-corrected chi connectivity index (χ1v) is 7.64. The number of carbonyl (C=O) groups is 1. The molecule has 6 nitrogen and oxygen atoms in total. The van der Waals surface area contributed by atoms with Gasteiger partial charge in [-0.25, -0.2) is 8.78 Å². The highest BCUT2D eigenvalue weighted by atomic mass is 19.3. The van der Waals surface area contributed by atoms with Crippen molar-refractivity contribution in [1.82, 2.24) is 15.5 Å². The van der Waals surface area contributed by atoms with Crippen LogP contribution in [-0.2, 0) is 13.0 Å². The summed E-state index contributed by atoms with van der Waals surface area (Å²) in [5.74, 6) is -0.0290. The number of halogens is 2. The molecule has 0 radical (unpaired) electrons. The normalized spacial score (nSPS) is 13.7. The third-order valence-electron chi connectivity index (χ3n) is 3.83. The average Bonchev–Trinajstić information content (AvgIpc) is 2.99. The quantitative estimate of drug-likeness (QED) is 0.782. The Morgan fingerprint density at radius 3 is 3.08 bits per heavy atom. The van der Waals surface area contributed by atoms with Gasteiger partial charge in [0.1, 0.15) is 12.4 Å². The number of carbonyl (C=O) groups excluding carboxylic acids is 1. The molecule has 8 heteroatoms. The topological polar surface area (TPSA) is 79.0 Å². The fraction of sp³-hybridized carbons (Fsp3) is 0.375. The lowest BCUT2D eigenvalue weighted by atomic mass is 10.1. The van der Waals surface area contributed by atoms with Crippen LogP contribution in [0.25, 0.3) is 0 Å². The lowest BCUT2D eigenvalue weighted by molar-refractivity contribution is 0.0815. The predicted molar refractivity (Wildman–Crippen MR) is 84.6 cm³/mol. The van der Waals surface area contributed by atoms with Gasteiger partial charge in [-0.2, -0.15) is 5.10 Å². The Labute approximate surface area is 137 Å². The molecule has 1 aromatic heterocycles. The summed E-state index contributed by atoms with van der Waals surface area (Å²) in [6.45, 7) is 2.50. The molecule has 0 spiro atoms. The maximum Gasteiger partial charge on any atom is 0.276 e. The van der Waals surface area contributed by atoms with E-state index in [9.17, 15) is 13.6 Å². The molecule has 0 saturated carbocycles. The van der Waals surface area contributed by atoms with Gasteiger partial charge in [-0.15, -0.1) is 0 Å². The first-order chi connectivity index (χ1) is 11.5. The van der Waals surface area contributed by atoms with E-state index in [1.165, 1.54) is 6.07 Å². The molecule has 3 N–H and O–H groups in total. The first-order valence-electron chi connectivity index (χ1n) is 7.64. The van der Waals surface area contributed by atoms with Gasteiger partial charge in [0, 0.05) is 42.5 Å². The molecule has 0 bridgehead atoms. The number of benzene rings is 1. The minimum Gasteiger partial charge on any atom is -0.487 e. The lowest BCUT2D eigenvalue weighted by Gasteiger charge is -2.13. The number of nitrogens with zero attached hydrogens (tertiary/aromatic N) is 1. The second kappa shape index (κ2) is 6.96. The molecule has 1 aliphatic heterocycles. The molecule has 3 rings (SSSR count). The first kappa shape index (κ1) is 16.4. The fourth-order valence-electron chi connectivity index (χ4n) is 2.59. The summed E-state index contributed by atoms with van der Waals surface area (Å²) in [6, 6.07) is 4.94. The summed E-state index contributed by atoms with van der Waals surface area (Å²) >= 11 is 0. The van der Waals surface area contributed by atoms with Crippen molar-refractivity contribution >= 4 is 11.6 Å². The summed E-state index contributed by atoms with van der Waals surface area (Å²) in [5.41, 5.74) is 3.35. The standard InChI is InChI=1S/C16H18F2N4O2/c1-9-2-3-10(6-13(9)24-8-14(17)18)20-16(23)15-11-7-19-5-4-12(11)21-22-15/h2-3,6,14,19H,4-5,7-8H2,1H3,(H,20,23)(H,21,22). The zero-order valence-electron chi connectivity index (χ0n) is 13.2. The number of alkyl halides is 2. The number of amides is 1. The minimum absolute atomic E-state index is 0.318. The number of H-pyrrole nitrogens is 1. The number of anilines is 1. The SMILES string of the molecule is Cc1ccc(NC(=O)c2n[nH]c3c2CNCC3)cc1OCC(F)F. The zero-order chi connectivity index (χ0) is 17.1. The van der Waals surface area contributed by atoms with Crippen molar-refractivity contribution in [3.63, 3.8) is 0 Å². The number of hydrogen-bond acceptors (Lipinski definition) is 4. The van der Waals surface area contributed by atoms with Crippen LogP contribution in [0.15, 0.2) is 18.2 Å². The average molecular weight is 336 g/mol. The Morgan fingerprint density at radius 2 is 2.29 bits per heavy atom. The third-order valence-corrected chi connectivity index (χ3v) is 3.83. The van der Waals surface area contributed by atoms with Crippen molar-refractivity contribution < 1.29 is 18.3 Å². The highest BCUT2D eigenvalue weighted by Crippen LogP contribution is 2.24. The van der Waals surface area contributed by atoms with E-state index in [1.54, 1.807) is 19.1 Å². The van der Waals surface area contributed by atoms with E-state index in [0.717, 1.165) is 29.8 Å². The summed E-state index contributed by atoms with van der Waals surface area (Å²) in [6.07, 6.45) is -1.75. The van der Waals surface area contributed by atoms with Crippen LogP contribution >= 0.6 is 0 Å². The fourth-order valence-corrected chi connectivity index (χ4v) is 2.59. The molecule has 0 unspecified atom stereocenters. The molecular weight excluding hydrogens is 318 g/mol. The Kier molecular flexibility index (Phi) is 4.75. The number of hydrogen-bond donors (Lipinski definition) is 3. The van der Waals surface area contributed by atoms with Crippen molar-refractivity contribution in [3.8, 4) is 5.75 Å². The van der Waals surface area contributed by atoms with Crippen LogP contribution in [0, 0.1) is 6.92 Å². The predicted octanol–water partition coefficient (Wildman–Crippen LogP) is 2.26. The van der Waals surface area contributed by atoms with Gasteiger partial charge in [0.15, 0.2) is 5.69 Å². The molecule has 1 aromatic carbocycles. The van der Waals surface area contributed by atoms with Crippen molar-refractivity contribution in [1.29, 1.82) is 0 Å². The zero-order valence-corrected chi connectivity index (χ0v) is 13.2. The molecule has 1 aliphatic rings. The van der Waals surface area contributed by atoms with Crippen molar-refractivity contribution in [2.75, 3.05) is 18.5 Å². The van der Waals surface area contributed by atoms with Crippen LogP contribution in [0.1, 0.15) is 27.3 Å². The summed E-state index contributed by atoms with van der Waals surface area (Å²) < 4.78 is 29.7. The highest BCUT2D eigenvalue weighted by Gasteiger charge is 2.21. The summed E-state index contributed by atoms with van der Waals surface area (Å²) in [7, 11) is 0. The van der Waals surface area contributed by atoms with Crippen molar-refractivity contribution in [2.45, 2.75) is 26.3 Å². The van der Waals surface area contributed by atoms with E-state index in [2.05, 4.69) is 20.8 Å². The van der Waals surface area contributed by atoms with Crippen LogP contribution in [0.2, 0.25) is 0 Å². The lowest BCUT2D eigenvalue weighted by Crippen LogP contribution is -2.25. The van der Waals surface area contributed by atoms with Gasteiger partial charge < -0.3 is 15.4 Å². The summed E-state index contributed by atoms with van der Waals surface area (Å²) in [5, 5.41) is 12.9. The van der Waals surface area contributed by atoms with Crippen LogP contribution in [0.5, 0.6) is 5.75 Å². The van der Waals surface area contributed by atoms with Crippen molar-refractivity contribution in [3.05, 3.63) is 40.7 Å². The van der Waals surface area contributed by atoms with Crippen LogP contribution in [0.3, 0.4) is 0 Å². The Hall–Kier alpha value is -2.48. The van der Waals surface area contributed by atoms with Gasteiger partial charge in [0.05, 0.1) is 0 Å². The molecule has 0 saturated heterocycles. The van der Waals surface area contributed by atoms with Gasteiger partial charge >= 0.3 is 0 Å². The second-order valence-corrected chi connectivity index (χ2v) is 5.59. The van der Waals surface area contributed by atoms with Crippen molar-refractivity contribution in [2.24, 2.45) is 0 Å². The Bertz CT molecular complexity index is 746. The Morgan fingerprint density at radius 1 is 1.46 bits per heavy atom. The van der Waals surface area contributed by atoms with Crippen LogP contribution < -0.4 is 15.4 Å². The smallest absolute Gasteiger partial charge is 0.276 e. The molecule has 128 valence electrons. The molecule has 0 fully saturated rings. The molecule has 0 aliphatic carbocycles. The molecule has 1 amide bonds. The van der Waals surface area contributed by atoms with Crippen LogP contribution in [-0.4, -0.2) is 35.7 Å². The largest absolute Gasteiger partial charge is 0.487 e. The molecule has 24 heavy (non-hydrogen) atoms. The maximum absolute atomic E-state index is 12.4. The molecule has 2 heterocycles. The van der Waals surface area contributed by atoms with Gasteiger partial charge in [-0.3, -0.25) is 9.89 Å². The van der Waals surface area contributed by atoms with Gasteiger partial charge in [0.2, 0.25) is 0 Å². The highest BCUT2D eigenvalue weighted by molar-refractivity contribution is 6.04. The van der Waals surface area contributed by atoms with Gasteiger partial charge in [-0.1, -0.05) is 6.07 Å². The number of rotatable bonds is 5. The minimum atomic E-state index is -2.55. The van der Waals surface area contributed by atoms with E-state index in [1.807, 2.05) is 0 Å². The Balaban J connectivity index is 1.74. The van der Waals surface area contributed by atoms with Gasteiger partial charge in [-0.05, 0) is 18.6 Å². The number of aryl methyl sites for hydroxylation is 1. The van der Waals surface area contributed by atoms with E-state index in [0.29, 0.717) is 23.7 Å². The monoisotopic (exact) mass is 336 g/mol. The number of aromatic nitrogens is 2. The van der Waals surface area contributed by atoms with E-state index < -0.39 is 13.0 Å². The van der Waals surface area contributed by atoms with E-state index in [4.69, 9.17) is 4.74 Å². The van der Waals surface area contributed by atoms with E-state index in [-0.39, 0.29) is 5.91 Å². The molecular formula is C16H18F2N4O2. The number of ether oxygens (including phenoxy) is 1. The van der Waals surface area contributed by atoms with Gasteiger partial charge in [0.25, 0.3) is 12.3 Å². The summed E-state index contributed by atoms with van der Waals surface area (Å²) in [4.78, 5) is 12.4. The number of aromatic amines is 1. The maximum atomic E-state index is 12.4. The number of fused-ring (bicyclic) bond motifs is 1. The van der Waals surface area contributed by atoms with Crippen LogP contribution in [0.4, 0.5) is 14.5 Å². The molecule has 2 aromatic rings. The van der Waals surface area contributed by atoms with E-state index >= 15 is 0 Å². The number of nitrogens with one attached hydrogen (secondary N) is 3. The third kappa shape index (κ3) is 3.53. The second-order valence-electron chi connectivity index (χ2n) is 5.59. The molecule has 0 atom stereocenters.